The molecule has 1 saturated carbocycles. The number of rotatable bonds is 6. The summed E-state index contributed by atoms with van der Waals surface area (Å²) in [5.74, 6) is 3.64. The number of anilines is 3. The number of hydrogen-bond donors (Lipinski definition) is 3. The van der Waals surface area contributed by atoms with Gasteiger partial charge in [0.25, 0.3) is 0 Å². The Kier molecular flexibility index (Phi) is 4.81. The molecule has 0 aromatic carbocycles. The van der Waals surface area contributed by atoms with Crippen molar-refractivity contribution in [2.24, 2.45) is 11.8 Å². The van der Waals surface area contributed by atoms with E-state index in [1.165, 1.54) is 0 Å². The fourth-order valence-electron chi connectivity index (χ4n) is 4.71. The lowest BCUT2D eigenvalue weighted by atomic mass is 10.0. The van der Waals surface area contributed by atoms with Crippen LogP contribution in [0.4, 0.5) is 17.6 Å². The van der Waals surface area contributed by atoms with Crippen LogP contribution in [0.15, 0.2) is 17.5 Å². The van der Waals surface area contributed by atoms with Gasteiger partial charge in [0.15, 0.2) is 5.82 Å². The van der Waals surface area contributed by atoms with E-state index in [1.807, 2.05) is 24.4 Å². The van der Waals surface area contributed by atoms with Crippen LogP contribution in [0.3, 0.4) is 0 Å². The van der Waals surface area contributed by atoms with Crippen LogP contribution >= 0.6 is 11.3 Å². The molecule has 1 aliphatic carbocycles. The molecule has 0 bridgehead atoms. The number of nitriles is 1. The van der Waals surface area contributed by atoms with Crippen molar-refractivity contribution in [3.05, 3.63) is 23.2 Å². The molecule has 2 aliphatic rings. The van der Waals surface area contributed by atoms with Crippen LogP contribution in [0.2, 0.25) is 0 Å². The predicted octanol–water partition coefficient (Wildman–Crippen LogP) is 3.50. The quantitative estimate of drug-likeness (QED) is 0.573. The van der Waals surface area contributed by atoms with Crippen LogP contribution in [0.25, 0.3) is 10.2 Å². The lowest BCUT2D eigenvalue weighted by molar-refractivity contribution is 0.315. The smallest absolute Gasteiger partial charge is 0.226 e. The van der Waals surface area contributed by atoms with Crippen LogP contribution in [-0.4, -0.2) is 50.7 Å². The third-order valence-electron chi connectivity index (χ3n) is 5.98. The fraction of sp³-hybridized carbons (Fsp3) is 0.500. The van der Waals surface area contributed by atoms with Gasteiger partial charge in [0.05, 0.1) is 11.5 Å². The molecule has 29 heavy (non-hydrogen) atoms. The predicted molar refractivity (Wildman–Crippen MR) is 114 cm³/mol. The van der Waals surface area contributed by atoms with Crippen LogP contribution in [0, 0.1) is 30.1 Å². The lowest BCUT2D eigenvalue weighted by Crippen LogP contribution is -2.26. The number of aromatic nitrogens is 4. The first-order chi connectivity index (χ1) is 14.2. The molecule has 3 aromatic rings. The van der Waals surface area contributed by atoms with Gasteiger partial charge in [-0.3, -0.25) is 5.10 Å². The second kappa shape index (κ2) is 7.61. The van der Waals surface area contributed by atoms with E-state index in [4.69, 9.17) is 15.2 Å². The maximum absolute atomic E-state index is 8.80. The van der Waals surface area contributed by atoms with E-state index in [2.05, 4.69) is 31.8 Å². The van der Waals surface area contributed by atoms with Gasteiger partial charge in [-0.1, -0.05) is 0 Å². The topological polar surface area (TPSA) is 106 Å². The number of nitrogens with zero attached hydrogens (tertiary/aromatic N) is 5. The normalized spacial score (nSPS) is 23.9. The highest BCUT2D eigenvalue weighted by atomic mass is 32.1. The van der Waals surface area contributed by atoms with E-state index in [9.17, 15) is 0 Å². The second-order valence-corrected chi connectivity index (χ2v) is 8.99. The Morgan fingerprint density at radius 3 is 2.86 bits per heavy atom. The first-order valence-electron chi connectivity index (χ1n) is 10.1. The lowest BCUT2D eigenvalue weighted by Gasteiger charge is -2.18. The molecule has 0 amide bonds. The SMILES string of the molecule is Cc1cc(Nc2nc(N[C@@H]3C[C@@H]4CN(CCC#N)C[C@@H]4C3)nc3sccc23)n[nH]1. The Balaban J connectivity index is 1.29. The van der Waals surface area contributed by atoms with E-state index >= 15 is 0 Å². The number of thiophene rings is 1. The molecule has 150 valence electrons. The van der Waals surface area contributed by atoms with Gasteiger partial charge in [-0.25, -0.2) is 4.98 Å². The van der Waals surface area contributed by atoms with Crippen LogP contribution < -0.4 is 10.6 Å². The van der Waals surface area contributed by atoms with E-state index < -0.39 is 0 Å². The summed E-state index contributed by atoms with van der Waals surface area (Å²) in [5, 5.41) is 26.0. The third-order valence-corrected chi connectivity index (χ3v) is 6.78. The summed E-state index contributed by atoms with van der Waals surface area (Å²) < 4.78 is 0. The highest BCUT2D eigenvalue weighted by molar-refractivity contribution is 7.16. The molecule has 3 atom stereocenters. The molecular formula is C20H24N8S. The molecule has 8 nitrogen and oxygen atoms in total. The summed E-state index contributed by atoms with van der Waals surface area (Å²) in [5.41, 5.74) is 1.00. The summed E-state index contributed by atoms with van der Waals surface area (Å²) in [4.78, 5) is 12.9. The van der Waals surface area contributed by atoms with E-state index in [0.29, 0.717) is 30.2 Å². The van der Waals surface area contributed by atoms with Crippen molar-refractivity contribution in [2.75, 3.05) is 30.3 Å². The van der Waals surface area contributed by atoms with Crippen LogP contribution in [0.5, 0.6) is 0 Å². The molecular weight excluding hydrogens is 384 g/mol. The Morgan fingerprint density at radius 2 is 2.14 bits per heavy atom. The van der Waals surface area contributed by atoms with E-state index in [0.717, 1.165) is 60.0 Å². The minimum Gasteiger partial charge on any atom is -0.351 e. The Labute approximate surface area is 173 Å². The Bertz CT molecular complexity index is 1040. The second-order valence-electron chi connectivity index (χ2n) is 8.10. The van der Waals surface area contributed by atoms with Gasteiger partial charge in [0, 0.05) is 43.9 Å². The molecule has 0 spiro atoms. The minimum atomic E-state index is 0.404. The zero-order valence-corrected chi connectivity index (χ0v) is 17.2. The van der Waals surface area contributed by atoms with Crippen molar-refractivity contribution < 1.29 is 0 Å². The zero-order chi connectivity index (χ0) is 19.8. The Hall–Kier alpha value is -2.70. The molecule has 4 heterocycles. The molecule has 1 saturated heterocycles. The van der Waals surface area contributed by atoms with Crippen LogP contribution in [0.1, 0.15) is 25.0 Å². The average molecular weight is 409 g/mol. The van der Waals surface area contributed by atoms with Crippen LogP contribution in [-0.2, 0) is 0 Å². The van der Waals surface area contributed by atoms with Gasteiger partial charge in [-0.2, -0.15) is 15.3 Å². The van der Waals surface area contributed by atoms with Crippen molar-refractivity contribution in [1.82, 2.24) is 25.1 Å². The molecule has 5 rings (SSSR count). The van der Waals surface area contributed by atoms with Crippen molar-refractivity contribution in [2.45, 2.75) is 32.2 Å². The van der Waals surface area contributed by atoms with Crippen molar-refractivity contribution in [3.63, 3.8) is 0 Å². The maximum Gasteiger partial charge on any atom is 0.226 e. The number of aromatic amines is 1. The highest BCUT2D eigenvalue weighted by Gasteiger charge is 2.40. The van der Waals surface area contributed by atoms with E-state index in [-0.39, 0.29) is 0 Å². The molecule has 3 aromatic heterocycles. The summed E-state index contributed by atoms with van der Waals surface area (Å²) in [6.45, 7) is 5.10. The molecule has 0 radical (unpaired) electrons. The number of aryl methyl sites for hydroxylation is 1. The van der Waals surface area contributed by atoms with Gasteiger partial charge in [0.2, 0.25) is 5.95 Å². The summed E-state index contributed by atoms with van der Waals surface area (Å²) in [6, 6.07) is 6.66. The van der Waals surface area contributed by atoms with Crippen molar-refractivity contribution in [1.29, 1.82) is 5.26 Å². The zero-order valence-electron chi connectivity index (χ0n) is 16.4. The summed E-state index contributed by atoms with van der Waals surface area (Å²) >= 11 is 1.62. The van der Waals surface area contributed by atoms with Crippen molar-refractivity contribution >= 4 is 39.1 Å². The number of hydrogen-bond acceptors (Lipinski definition) is 8. The summed E-state index contributed by atoms with van der Waals surface area (Å²) in [7, 11) is 0. The molecule has 3 N–H and O–H groups in total. The molecule has 0 unspecified atom stereocenters. The van der Waals surface area contributed by atoms with Gasteiger partial charge in [-0.05, 0) is 43.0 Å². The fourth-order valence-corrected chi connectivity index (χ4v) is 5.47. The van der Waals surface area contributed by atoms with Gasteiger partial charge >= 0.3 is 0 Å². The first kappa shape index (κ1) is 18.3. The minimum absolute atomic E-state index is 0.404. The molecule has 1 aliphatic heterocycles. The molecule has 2 fully saturated rings. The largest absolute Gasteiger partial charge is 0.351 e. The third kappa shape index (κ3) is 3.78. The monoisotopic (exact) mass is 408 g/mol. The van der Waals surface area contributed by atoms with Crippen molar-refractivity contribution in [3.8, 4) is 6.07 Å². The Morgan fingerprint density at radius 1 is 1.31 bits per heavy atom. The van der Waals surface area contributed by atoms with Gasteiger partial charge in [0.1, 0.15) is 10.6 Å². The number of fused-ring (bicyclic) bond motifs is 2. The van der Waals surface area contributed by atoms with E-state index in [1.54, 1.807) is 11.3 Å². The van der Waals surface area contributed by atoms with Gasteiger partial charge in [-0.15, -0.1) is 11.3 Å². The average Bonchev–Trinajstić information content (AvgIpc) is 3.44. The number of H-pyrrole nitrogens is 1. The standard InChI is InChI=1S/C20H24N8S/c1-12-7-17(27-26-12)23-18-16-3-6-29-19(16)25-20(24-18)22-15-8-13-10-28(5-2-4-21)11-14(13)9-15/h3,6-7,13-15H,2,5,8-11H2,1H3,(H3,22,23,24,25,26,27)/t13-,14+,15-. The highest BCUT2D eigenvalue weighted by Crippen LogP contribution is 2.39. The molecule has 9 heteroatoms. The first-order valence-corrected chi connectivity index (χ1v) is 11.0. The number of nitrogens with one attached hydrogen (secondary N) is 3. The van der Waals surface area contributed by atoms with Gasteiger partial charge < -0.3 is 15.5 Å². The number of likely N-dealkylation sites (tertiary alicyclic amines) is 1. The summed E-state index contributed by atoms with van der Waals surface area (Å²) in [6.07, 6.45) is 2.91. The maximum atomic E-state index is 8.80.